The van der Waals surface area contributed by atoms with E-state index in [1.54, 1.807) is 0 Å². The Kier molecular flexibility index (Phi) is 4.74. The van der Waals surface area contributed by atoms with Gasteiger partial charge in [-0.2, -0.15) is 0 Å². The van der Waals surface area contributed by atoms with Crippen molar-refractivity contribution in [2.75, 3.05) is 18.5 Å². The van der Waals surface area contributed by atoms with E-state index in [4.69, 9.17) is 9.47 Å². The van der Waals surface area contributed by atoms with Crippen LogP contribution in [0, 0.1) is 17.8 Å². The van der Waals surface area contributed by atoms with E-state index in [9.17, 15) is 4.79 Å². The van der Waals surface area contributed by atoms with Crippen LogP contribution in [0.2, 0.25) is 0 Å². The first-order chi connectivity index (χ1) is 11.8. The van der Waals surface area contributed by atoms with Gasteiger partial charge in [-0.25, -0.2) is 0 Å². The summed E-state index contributed by atoms with van der Waals surface area (Å²) in [5, 5.41) is 3.05. The number of benzene rings is 1. The first kappa shape index (κ1) is 15.9. The number of amides is 1. The Morgan fingerprint density at radius 1 is 1.25 bits per heavy atom. The number of hydrogen-bond acceptors (Lipinski definition) is 3. The monoisotopic (exact) mass is 329 g/mol. The second-order valence-corrected chi connectivity index (χ2v) is 7.66. The van der Waals surface area contributed by atoms with Crippen LogP contribution in [-0.4, -0.2) is 25.2 Å². The second-order valence-electron chi connectivity index (χ2n) is 7.66. The summed E-state index contributed by atoms with van der Waals surface area (Å²) in [7, 11) is 0. The van der Waals surface area contributed by atoms with E-state index in [0.717, 1.165) is 42.7 Å². The van der Waals surface area contributed by atoms with Gasteiger partial charge in [0.25, 0.3) is 0 Å². The molecule has 4 heteroatoms. The van der Waals surface area contributed by atoms with Gasteiger partial charge >= 0.3 is 0 Å². The standard InChI is InChI=1S/C20H27NO3/c22-20(11-16-10-14-6-7-15(16)9-14)21-17-3-1-4-18(12-17)24-13-19-5-2-8-23-19/h1,3-4,12,14-16,19H,2,5-11,13H2,(H,21,22)/t14-,15-,16-,19+/m0/s1. The molecule has 4 rings (SSSR count). The summed E-state index contributed by atoms with van der Waals surface area (Å²) in [6.45, 7) is 1.43. The molecule has 1 saturated heterocycles. The average molecular weight is 329 g/mol. The van der Waals surface area contributed by atoms with Gasteiger partial charge in [0.1, 0.15) is 12.4 Å². The maximum Gasteiger partial charge on any atom is 0.224 e. The molecule has 1 aromatic carbocycles. The Bertz CT molecular complexity index is 582. The lowest BCUT2D eigenvalue weighted by atomic mass is 9.86. The van der Waals surface area contributed by atoms with E-state index < -0.39 is 0 Å². The topological polar surface area (TPSA) is 47.6 Å². The fourth-order valence-corrected chi connectivity index (χ4v) is 4.71. The summed E-state index contributed by atoms with van der Waals surface area (Å²) in [5.41, 5.74) is 0.827. The minimum absolute atomic E-state index is 0.142. The van der Waals surface area contributed by atoms with Crippen molar-refractivity contribution in [3.05, 3.63) is 24.3 Å². The van der Waals surface area contributed by atoms with Crippen molar-refractivity contribution in [1.82, 2.24) is 0 Å². The Hall–Kier alpha value is -1.55. The molecule has 0 radical (unpaired) electrons. The zero-order valence-corrected chi connectivity index (χ0v) is 14.2. The van der Waals surface area contributed by atoms with Crippen LogP contribution in [-0.2, 0) is 9.53 Å². The van der Waals surface area contributed by atoms with Crippen molar-refractivity contribution in [3.63, 3.8) is 0 Å². The van der Waals surface area contributed by atoms with Gasteiger partial charge in [-0.05, 0) is 62.0 Å². The first-order valence-electron chi connectivity index (χ1n) is 9.40. The van der Waals surface area contributed by atoms with Gasteiger partial charge in [0, 0.05) is 24.8 Å². The van der Waals surface area contributed by atoms with Crippen LogP contribution in [0.4, 0.5) is 5.69 Å². The molecule has 4 atom stereocenters. The molecule has 2 saturated carbocycles. The molecular formula is C20H27NO3. The molecule has 1 aromatic rings. The summed E-state index contributed by atoms with van der Waals surface area (Å²) in [4.78, 5) is 12.4. The van der Waals surface area contributed by atoms with Gasteiger partial charge in [0.15, 0.2) is 0 Å². The van der Waals surface area contributed by atoms with E-state index in [1.807, 2.05) is 24.3 Å². The fourth-order valence-electron chi connectivity index (χ4n) is 4.71. The molecule has 130 valence electrons. The van der Waals surface area contributed by atoms with Crippen LogP contribution >= 0.6 is 0 Å². The van der Waals surface area contributed by atoms with Crippen molar-refractivity contribution in [2.24, 2.45) is 17.8 Å². The molecule has 0 unspecified atom stereocenters. The van der Waals surface area contributed by atoms with Crippen LogP contribution in [0.25, 0.3) is 0 Å². The summed E-state index contributed by atoms with van der Waals surface area (Å²) in [6.07, 6.45) is 8.38. The fraction of sp³-hybridized carbons (Fsp3) is 0.650. The summed E-state index contributed by atoms with van der Waals surface area (Å²) in [6, 6.07) is 7.70. The molecule has 1 amide bonds. The quantitative estimate of drug-likeness (QED) is 0.858. The van der Waals surface area contributed by atoms with Crippen molar-refractivity contribution in [3.8, 4) is 5.75 Å². The van der Waals surface area contributed by atoms with Gasteiger partial charge < -0.3 is 14.8 Å². The molecule has 4 nitrogen and oxygen atoms in total. The largest absolute Gasteiger partial charge is 0.491 e. The normalized spacial score (nSPS) is 31.3. The van der Waals surface area contributed by atoms with Gasteiger partial charge in [0.05, 0.1) is 6.10 Å². The number of fused-ring (bicyclic) bond motifs is 2. The van der Waals surface area contributed by atoms with Crippen LogP contribution in [0.15, 0.2) is 24.3 Å². The van der Waals surface area contributed by atoms with Gasteiger partial charge in [-0.15, -0.1) is 0 Å². The highest BCUT2D eigenvalue weighted by Crippen LogP contribution is 2.49. The van der Waals surface area contributed by atoms with Crippen molar-refractivity contribution in [2.45, 2.75) is 51.0 Å². The zero-order valence-electron chi connectivity index (χ0n) is 14.2. The summed E-state index contributed by atoms with van der Waals surface area (Å²) < 4.78 is 11.4. The lowest BCUT2D eigenvalue weighted by molar-refractivity contribution is -0.117. The SMILES string of the molecule is O=C(C[C@@H]1C[C@H]2CC[C@H]1C2)Nc1cccc(OC[C@H]2CCCO2)c1. The van der Waals surface area contributed by atoms with Gasteiger partial charge in [-0.1, -0.05) is 12.5 Å². The number of hydrogen-bond donors (Lipinski definition) is 1. The predicted molar refractivity (Wildman–Crippen MR) is 93.1 cm³/mol. The predicted octanol–water partition coefficient (Wildman–Crippen LogP) is 4.01. The molecule has 2 bridgehead atoms. The number of nitrogens with one attached hydrogen (secondary N) is 1. The van der Waals surface area contributed by atoms with Crippen LogP contribution in [0.1, 0.15) is 44.9 Å². The van der Waals surface area contributed by atoms with Crippen LogP contribution < -0.4 is 10.1 Å². The summed E-state index contributed by atoms with van der Waals surface area (Å²) >= 11 is 0. The zero-order chi connectivity index (χ0) is 16.4. The van der Waals surface area contributed by atoms with Crippen LogP contribution in [0.5, 0.6) is 5.75 Å². The lowest BCUT2D eigenvalue weighted by Crippen LogP contribution is -2.20. The second kappa shape index (κ2) is 7.14. The summed E-state index contributed by atoms with van der Waals surface area (Å²) in [5.74, 6) is 3.22. The molecule has 0 aromatic heterocycles. The molecule has 1 heterocycles. The third-order valence-electron chi connectivity index (χ3n) is 5.91. The van der Waals surface area contributed by atoms with Crippen molar-refractivity contribution < 1.29 is 14.3 Å². The highest BCUT2D eigenvalue weighted by atomic mass is 16.5. The Morgan fingerprint density at radius 2 is 2.21 bits per heavy atom. The number of anilines is 1. The number of carbonyl (C=O) groups excluding carboxylic acids is 1. The third kappa shape index (κ3) is 3.75. The van der Waals surface area contributed by atoms with Gasteiger partial charge in [-0.3, -0.25) is 4.79 Å². The molecule has 24 heavy (non-hydrogen) atoms. The van der Waals surface area contributed by atoms with Crippen molar-refractivity contribution in [1.29, 1.82) is 0 Å². The van der Waals surface area contributed by atoms with E-state index in [0.29, 0.717) is 18.9 Å². The molecule has 0 spiro atoms. The Morgan fingerprint density at radius 3 is 2.96 bits per heavy atom. The maximum atomic E-state index is 12.4. The molecule has 3 fully saturated rings. The highest BCUT2D eigenvalue weighted by Gasteiger charge is 2.40. The number of rotatable bonds is 6. The minimum atomic E-state index is 0.142. The first-order valence-corrected chi connectivity index (χ1v) is 9.40. The smallest absolute Gasteiger partial charge is 0.224 e. The van der Waals surface area contributed by atoms with E-state index in [2.05, 4.69) is 5.32 Å². The van der Waals surface area contributed by atoms with E-state index in [-0.39, 0.29) is 12.0 Å². The molecule has 2 aliphatic carbocycles. The van der Waals surface area contributed by atoms with Crippen LogP contribution in [0.3, 0.4) is 0 Å². The maximum absolute atomic E-state index is 12.4. The average Bonchev–Trinajstić information content (AvgIpc) is 3.31. The molecule has 3 aliphatic rings. The number of carbonyl (C=O) groups is 1. The van der Waals surface area contributed by atoms with Gasteiger partial charge in [0.2, 0.25) is 5.91 Å². The number of ether oxygens (including phenoxy) is 2. The van der Waals surface area contributed by atoms with E-state index >= 15 is 0 Å². The van der Waals surface area contributed by atoms with E-state index in [1.165, 1.54) is 25.7 Å². The Balaban J connectivity index is 1.27. The molecular weight excluding hydrogens is 302 g/mol. The molecule has 1 N–H and O–H groups in total. The van der Waals surface area contributed by atoms with Crippen molar-refractivity contribution >= 4 is 11.6 Å². The third-order valence-corrected chi connectivity index (χ3v) is 5.91. The minimum Gasteiger partial charge on any atom is -0.491 e. The highest BCUT2D eigenvalue weighted by molar-refractivity contribution is 5.91. The lowest BCUT2D eigenvalue weighted by Gasteiger charge is -2.21. The molecule has 1 aliphatic heterocycles. The Labute approximate surface area is 143 Å².